The molecule has 0 atom stereocenters. The van der Waals surface area contributed by atoms with Crippen LogP contribution >= 0.6 is 24.8 Å². The highest BCUT2D eigenvalue weighted by Gasteiger charge is 1.95. The van der Waals surface area contributed by atoms with Crippen molar-refractivity contribution in [2.75, 3.05) is 32.8 Å². The molecule has 1 aromatic carbocycles. The van der Waals surface area contributed by atoms with Crippen molar-refractivity contribution in [2.45, 2.75) is 19.9 Å². The van der Waals surface area contributed by atoms with E-state index in [1.165, 1.54) is 5.56 Å². The van der Waals surface area contributed by atoms with Gasteiger partial charge in [0.25, 0.3) is 0 Å². The average Bonchev–Trinajstić information content (AvgIpc) is 2.42. The van der Waals surface area contributed by atoms with Gasteiger partial charge in [-0.05, 0) is 43.8 Å². The first kappa shape index (κ1) is 21.8. The van der Waals surface area contributed by atoms with Crippen LogP contribution in [0.3, 0.4) is 0 Å². The minimum absolute atomic E-state index is 0. The lowest BCUT2D eigenvalue weighted by molar-refractivity contribution is 0.201. The molecule has 0 heterocycles. The zero-order valence-corrected chi connectivity index (χ0v) is 13.6. The van der Waals surface area contributed by atoms with E-state index < -0.39 is 0 Å². The Kier molecular flexibility index (Phi) is 16.2. The Hall–Kier alpha value is -0.520. The molecule has 1 aromatic rings. The van der Waals surface area contributed by atoms with Crippen LogP contribution in [0.4, 0.5) is 0 Å². The van der Waals surface area contributed by atoms with Gasteiger partial charge in [0.05, 0.1) is 6.61 Å². The summed E-state index contributed by atoms with van der Waals surface area (Å²) in [6, 6.07) is 7.96. The summed E-state index contributed by atoms with van der Waals surface area (Å²) in [5, 5.41) is 15.3. The molecule has 0 aliphatic carbocycles. The molecule has 0 aliphatic heterocycles. The van der Waals surface area contributed by atoms with Crippen LogP contribution in [0.5, 0.6) is 5.75 Å². The Morgan fingerprint density at radius 1 is 1.05 bits per heavy atom. The highest BCUT2D eigenvalue weighted by Crippen LogP contribution is 2.11. The van der Waals surface area contributed by atoms with E-state index in [1.54, 1.807) is 0 Å². The van der Waals surface area contributed by atoms with E-state index in [0.29, 0.717) is 6.61 Å². The molecule has 3 N–H and O–H groups in total. The molecule has 4 nitrogen and oxygen atoms in total. The van der Waals surface area contributed by atoms with Gasteiger partial charge in [-0.25, -0.2) is 0 Å². The van der Waals surface area contributed by atoms with Gasteiger partial charge in [-0.1, -0.05) is 19.1 Å². The van der Waals surface area contributed by atoms with Gasteiger partial charge in [0, 0.05) is 6.54 Å². The molecule has 1 rings (SSSR count). The maximum Gasteiger partial charge on any atom is 0.119 e. The molecule has 0 amide bonds. The summed E-state index contributed by atoms with van der Waals surface area (Å²) in [5.41, 5.74) is 1.25. The molecule has 0 aliphatic rings. The van der Waals surface area contributed by atoms with Crippen molar-refractivity contribution < 1.29 is 9.84 Å². The van der Waals surface area contributed by atoms with Crippen molar-refractivity contribution in [1.29, 1.82) is 0 Å². The maximum absolute atomic E-state index is 8.65. The number of ether oxygens (including phenoxy) is 1. The first-order valence-electron chi connectivity index (χ1n) is 6.61. The smallest absolute Gasteiger partial charge is 0.119 e. The lowest BCUT2D eigenvalue weighted by atomic mass is 10.2. The molecule has 0 fully saturated rings. The second-order valence-corrected chi connectivity index (χ2v) is 4.10. The van der Waals surface area contributed by atoms with Gasteiger partial charge in [-0.2, -0.15) is 0 Å². The van der Waals surface area contributed by atoms with E-state index in [-0.39, 0.29) is 31.4 Å². The van der Waals surface area contributed by atoms with Gasteiger partial charge in [-0.15, -0.1) is 24.8 Å². The predicted molar refractivity (Wildman–Crippen MR) is 88.4 cm³/mol. The first-order chi connectivity index (χ1) is 8.86. The number of aliphatic hydroxyl groups is 1. The monoisotopic (exact) mass is 324 g/mol. The normalized spacial score (nSPS) is 9.50. The van der Waals surface area contributed by atoms with Crippen LogP contribution in [-0.2, 0) is 6.54 Å². The van der Waals surface area contributed by atoms with E-state index in [9.17, 15) is 0 Å². The molecule has 6 heteroatoms. The van der Waals surface area contributed by atoms with E-state index >= 15 is 0 Å². The topological polar surface area (TPSA) is 53.5 Å². The van der Waals surface area contributed by atoms with Crippen LogP contribution in [0.1, 0.15) is 18.9 Å². The number of nitrogens with one attached hydrogen (secondary N) is 2. The third-order valence-electron chi connectivity index (χ3n) is 2.57. The van der Waals surface area contributed by atoms with E-state index in [0.717, 1.165) is 38.3 Å². The number of rotatable bonds is 10. The van der Waals surface area contributed by atoms with Crippen LogP contribution in [0.2, 0.25) is 0 Å². The molecule has 0 unspecified atom stereocenters. The molecule has 0 saturated carbocycles. The van der Waals surface area contributed by atoms with Gasteiger partial charge >= 0.3 is 0 Å². The molecule has 0 radical (unpaired) electrons. The summed E-state index contributed by atoms with van der Waals surface area (Å²) in [7, 11) is 0. The molecule has 0 aromatic heterocycles. The van der Waals surface area contributed by atoms with E-state index in [2.05, 4.69) is 17.6 Å². The van der Waals surface area contributed by atoms with Crippen molar-refractivity contribution in [1.82, 2.24) is 10.6 Å². The van der Waals surface area contributed by atoms with Crippen molar-refractivity contribution in [3.63, 3.8) is 0 Å². The number of hydrogen-bond donors (Lipinski definition) is 3. The molecule has 0 saturated heterocycles. The largest absolute Gasteiger partial charge is 0.491 e. The zero-order valence-electron chi connectivity index (χ0n) is 11.9. The van der Waals surface area contributed by atoms with Crippen LogP contribution in [0.25, 0.3) is 0 Å². The van der Waals surface area contributed by atoms with Crippen LogP contribution in [-0.4, -0.2) is 38.0 Å². The zero-order chi connectivity index (χ0) is 13.1. The third-order valence-corrected chi connectivity index (χ3v) is 2.57. The van der Waals surface area contributed by atoms with Gasteiger partial charge in [0.1, 0.15) is 12.4 Å². The fourth-order valence-corrected chi connectivity index (χ4v) is 1.61. The Labute approximate surface area is 134 Å². The lowest BCUT2D eigenvalue weighted by Crippen LogP contribution is -2.21. The molecule has 0 spiro atoms. The first-order valence-corrected chi connectivity index (χ1v) is 6.61. The molecule has 0 bridgehead atoms. The predicted octanol–water partition coefficient (Wildman–Crippen LogP) is 1.99. The van der Waals surface area contributed by atoms with E-state index in [4.69, 9.17) is 9.84 Å². The third kappa shape index (κ3) is 10.3. The Balaban J connectivity index is 0. The summed E-state index contributed by atoms with van der Waals surface area (Å²) in [5.74, 6) is 0.806. The summed E-state index contributed by atoms with van der Waals surface area (Å²) in [4.78, 5) is 0. The maximum atomic E-state index is 8.65. The highest BCUT2D eigenvalue weighted by atomic mass is 35.5. The minimum Gasteiger partial charge on any atom is -0.491 e. The van der Waals surface area contributed by atoms with Crippen LogP contribution in [0, 0.1) is 0 Å². The van der Waals surface area contributed by atoms with Crippen molar-refractivity contribution in [2.24, 2.45) is 0 Å². The van der Waals surface area contributed by atoms with Crippen molar-refractivity contribution >= 4 is 24.8 Å². The SMILES string of the molecule is CCNCCCNCc1ccc(OCCO)cc1.Cl.Cl. The molecular formula is C14H26Cl2N2O2. The second-order valence-electron chi connectivity index (χ2n) is 4.10. The van der Waals surface area contributed by atoms with Gasteiger partial charge in [-0.3, -0.25) is 0 Å². The number of aliphatic hydroxyl groups excluding tert-OH is 1. The quantitative estimate of drug-likeness (QED) is 0.576. The van der Waals surface area contributed by atoms with Crippen LogP contribution in [0.15, 0.2) is 24.3 Å². The number of halogens is 2. The Bertz CT molecular complexity index is 311. The lowest BCUT2D eigenvalue weighted by Gasteiger charge is -2.07. The average molecular weight is 325 g/mol. The standard InChI is InChI=1S/C14H24N2O2.2ClH/c1-2-15-8-3-9-16-12-13-4-6-14(7-5-13)18-11-10-17;;/h4-7,15-17H,2-3,8-12H2,1H3;2*1H. The van der Waals surface area contributed by atoms with Gasteiger partial charge < -0.3 is 20.5 Å². The Morgan fingerprint density at radius 3 is 2.30 bits per heavy atom. The summed E-state index contributed by atoms with van der Waals surface area (Å²) >= 11 is 0. The fourth-order valence-electron chi connectivity index (χ4n) is 1.61. The highest BCUT2D eigenvalue weighted by molar-refractivity contribution is 5.85. The second kappa shape index (κ2) is 14.9. The number of hydrogen-bond acceptors (Lipinski definition) is 4. The minimum atomic E-state index is 0. The van der Waals surface area contributed by atoms with Crippen molar-refractivity contribution in [3.05, 3.63) is 29.8 Å². The van der Waals surface area contributed by atoms with Gasteiger partial charge in [0.2, 0.25) is 0 Å². The summed E-state index contributed by atoms with van der Waals surface area (Å²) in [6.45, 7) is 6.53. The molecule has 118 valence electrons. The molecular weight excluding hydrogens is 299 g/mol. The Morgan fingerprint density at radius 2 is 1.70 bits per heavy atom. The van der Waals surface area contributed by atoms with Crippen LogP contribution < -0.4 is 15.4 Å². The number of benzene rings is 1. The van der Waals surface area contributed by atoms with E-state index in [1.807, 2.05) is 24.3 Å². The van der Waals surface area contributed by atoms with Crippen molar-refractivity contribution in [3.8, 4) is 5.75 Å². The van der Waals surface area contributed by atoms with Gasteiger partial charge in [0.15, 0.2) is 0 Å². The summed E-state index contributed by atoms with van der Waals surface area (Å²) < 4.78 is 5.30. The molecule has 20 heavy (non-hydrogen) atoms. The summed E-state index contributed by atoms with van der Waals surface area (Å²) in [6.07, 6.45) is 1.14. The fraction of sp³-hybridized carbons (Fsp3) is 0.571.